The second-order valence-corrected chi connectivity index (χ2v) is 9.01. The minimum atomic E-state index is -4.68. The molecule has 0 spiro atoms. The summed E-state index contributed by atoms with van der Waals surface area (Å²) in [6.07, 6.45) is -3.22. The molecule has 9 nitrogen and oxygen atoms in total. The van der Waals surface area contributed by atoms with Crippen molar-refractivity contribution in [2.24, 2.45) is 0 Å². The minimum absolute atomic E-state index is 0.0200. The quantitative estimate of drug-likeness (QED) is 0.417. The third-order valence-electron chi connectivity index (χ3n) is 4.95. The number of amides is 1. The molecule has 3 N–H and O–H groups in total. The number of halogens is 3. The third-order valence-corrected chi connectivity index (χ3v) is 6.94. The van der Waals surface area contributed by atoms with E-state index >= 15 is 0 Å². The van der Waals surface area contributed by atoms with Crippen LogP contribution in [0.4, 0.5) is 24.7 Å². The minimum Gasteiger partial charge on any atom is -0.397 e. The average Bonchev–Trinajstić information content (AvgIpc) is 3.54. The van der Waals surface area contributed by atoms with Crippen LogP contribution in [0, 0.1) is 0 Å². The second kappa shape index (κ2) is 8.28. The van der Waals surface area contributed by atoms with Gasteiger partial charge in [-0.25, -0.2) is 4.98 Å². The molecule has 0 aliphatic carbocycles. The van der Waals surface area contributed by atoms with Gasteiger partial charge in [-0.1, -0.05) is 6.07 Å². The predicted molar refractivity (Wildman–Crippen MR) is 116 cm³/mol. The van der Waals surface area contributed by atoms with Crippen molar-refractivity contribution in [3.05, 3.63) is 40.2 Å². The normalized spacial score (nSPS) is 14.7. The highest BCUT2D eigenvalue weighted by molar-refractivity contribution is 7.21. The summed E-state index contributed by atoms with van der Waals surface area (Å²) in [5.74, 6) is -0.696. The van der Waals surface area contributed by atoms with Gasteiger partial charge >= 0.3 is 12.1 Å². The molecule has 0 radical (unpaired) electrons. The number of ether oxygens (including phenoxy) is 1. The van der Waals surface area contributed by atoms with E-state index in [2.05, 4.69) is 15.6 Å². The number of hydrogen-bond acceptors (Lipinski definition) is 9. The van der Waals surface area contributed by atoms with Gasteiger partial charge in [0.25, 0.3) is 12.1 Å². The molecule has 1 amide bonds. The van der Waals surface area contributed by atoms with Crippen molar-refractivity contribution in [3.63, 3.8) is 0 Å². The van der Waals surface area contributed by atoms with E-state index in [4.69, 9.17) is 15.0 Å². The Kier molecular flexibility index (Phi) is 5.42. The molecule has 1 saturated heterocycles. The van der Waals surface area contributed by atoms with Crippen LogP contribution in [0.1, 0.15) is 15.2 Å². The zero-order chi connectivity index (χ0) is 23.2. The van der Waals surface area contributed by atoms with Crippen molar-refractivity contribution in [1.29, 1.82) is 0 Å². The number of nitrogens with one attached hydrogen (secondary N) is 1. The van der Waals surface area contributed by atoms with Crippen molar-refractivity contribution in [1.82, 2.24) is 10.3 Å². The summed E-state index contributed by atoms with van der Waals surface area (Å²) in [7, 11) is 0. The van der Waals surface area contributed by atoms with Gasteiger partial charge in [-0.15, -0.1) is 27.7 Å². The first-order valence-electron chi connectivity index (χ1n) is 9.68. The first-order valence-corrected chi connectivity index (χ1v) is 11.4. The number of aromatic nitrogens is 3. The summed E-state index contributed by atoms with van der Waals surface area (Å²) < 4.78 is 51.9. The lowest BCUT2D eigenvalue weighted by molar-refractivity contribution is -0.759. The molecule has 4 aromatic rings. The monoisotopic (exact) mass is 497 g/mol. The van der Waals surface area contributed by atoms with E-state index in [0.717, 1.165) is 17.4 Å². The molecule has 5 heterocycles. The van der Waals surface area contributed by atoms with Crippen LogP contribution in [-0.4, -0.2) is 42.5 Å². The van der Waals surface area contributed by atoms with Gasteiger partial charge in [0.1, 0.15) is 9.71 Å². The largest absolute Gasteiger partial charge is 0.417 e. The first-order chi connectivity index (χ1) is 15.8. The maximum atomic E-state index is 13.8. The highest BCUT2D eigenvalue weighted by atomic mass is 32.1. The fraction of sp³-hybridized carbons (Fsp3) is 0.263. The van der Waals surface area contributed by atoms with Gasteiger partial charge in [0.2, 0.25) is 5.27 Å². The maximum Gasteiger partial charge on any atom is 0.417 e. The van der Waals surface area contributed by atoms with E-state index in [1.54, 1.807) is 17.5 Å². The molecule has 0 saturated carbocycles. The van der Waals surface area contributed by atoms with Crippen molar-refractivity contribution in [2.75, 3.05) is 42.4 Å². The van der Waals surface area contributed by atoms with Gasteiger partial charge in [-0.3, -0.25) is 14.6 Å². The summed E-state index contributed by atoms with van der Waals surface area (Å²) >= 11 is 2.06. The summed E-state index contributed by atoms with van der Waals surface area (Å²) in [6, 6.07) is 4.36. The molecule has 0 atom stereocenters. The van der Waals surface area contributed by atoms with Crippen LogP contribution < -0.4 is 20.9 Å². The number of thiophene rings is 2. The van der Waals surface area contributed by atoms with Gasteiger partial charge in [0.05, 0.1) is 52.9 Å². The zero-order valence-corrected chi connectivity index (χ0v) is 18.4. The van der Waals surface area contributed by atoms with Gasteiger partial charge < -0.3 is 10.5 Å². The number of carbonyl (C=O) groups excluding carboxylic acids is 1. The van der Waals surface area contributed by atoms with Gasteiger partial charge in [0, 0.05) is 5.39 Å². The molecular formula is C19H16F3N6O3S2+. The highest BCUT2D eigenvalue weighted by Crippen LogP contribution is 2.44. The number of rotatable bonds is 4. The second-order valence-electron chi connectivity index (χ2n) is 7.06. The van der Waals surface area contributed by atoms with Crippen molar-refractivity contribution >= 4 is 50.4 Å². The Labute approximate surface area is 192 Å². The van der Waals surface area contributed by atoms with Crippen molar-refractivity contribution in [2.45, 2.75) is 6.18 Å². The van der Waals surface area contributed by atoms with Crippen molar-refractivity contribution in [3.8, 4) is 10.6 Å². The molecule has 33 heavy (non-hydrogen) atoms. The maximum absolute atomic E-state index is 13.8. The van der Waals surface area contributed by atoms with Gasteiger partial charge in [-0.2, -0.15) is 13.2 Å². The van der Waals surface area contributed by atoms with Crippen LogP contribution >= 0.6 is 22.7 Å². The molecular weight excluding hydrogens is 481 g/mol. The fourth-order valence-electron chi connectivity index (χ4n) is 3.42. The summed E-state index contributed by atoms with van der Waals surface area (Å²) in [5, 5.41) is 9.65. The van der Waals surface area contributed by atoms with Gasteiger partial charge in [-0.05, 0) is 17.5 Å². The highest BCUT2D eigenvalue weighted by Gasteiger charge is 2.36. The molecule has 172 valence electrons. The van der Waals surface area contributed by atoms with Crippen LogP contribution in [0.25, 0.3) is 20.8 Å². The number of morpholine rings is 1. The molecule has 1 fully saturated rings. The van der Waals surface area contributed by atoms with E-state index in [-0.39, 0.29) is 32.4 Å². The number of nitrogen functional groups attached to an aromatic ring is 1. The Morgan fingerprint density at radius 3 is 2.79 bits per heavy atom. The molecule has 5 rings (SSSR count). The number of fused-ring (bicyclic) bond motifs is 1. The van der Waals surface area contributed by atoms with E-state index in [1.165, 1.54) is 22.3 Å². The third kappa shape index (κ3) is 4.12. The lowest BCUT2D eigenvalue weighted by atomic mass is 10.1. The fourth-order valence-corrected chi connectivity index (χ4v) is 5.12. The molecule has 0 unspecified atom stereocenters. The number of hydrogen-bond donors (Lipinski definition) is 2. The molecule has 0 aromatic carbocycles. The SMILES string of the molecule is Nc1c(C(=O)Nc2c[n+](N3CCOCC3)no2)sc2nc(-c3cccs3)cc(C(F)(F)F)c12. The average molecular weight is 498 g/mol. The molecule has 1 aliphatic heterocycles. The molecule has 4 aromatic heterocycles. The van der Waals surface area contributed by atoms with Crippen LogP contribution in [0.15, 0.2) is 34.3 Å². The summed E-state index contributed by atoms with van der Waals surface area (Å²) in [5.41, 5.74) is 4.96. The lowest BCUT2D eigenvalue weighted by Gasteiger charge is -2.18. The van der Waals surface area contributed by atoms with Crippen LogP contribution in [0.2, 0.25) is 0 Å². The summed E-state index contributed by atoms with van der Waals surface area (Å²) in [4.78, 5) is 19.1. The summed E-state index contributed by atoms with van der Waals surface area (Å²) in [6.45, 7) is 2.24. The Hall–Kier alpha value is -3.23. The molecule has 14 heteroatoms. The Bertz CT molecular complexity index is 1310. The van der Waals surface area contributed by atoms with Crippen molar-refractivity contribution < 1.29 is 32.0 Å². The van der Waals surface area contributed by atoms with E-state index < -0.39 is 17.6 Å². The Morgan fingerprint density at radius 1 is 1.30 bits per heavy atom. The van der Waals surface area contributed by atoms with Gasteiger partial charge in [0.15, 0.2) is 0 Å². The zero-order valence-electron chi connectivity index (χ0n) is 16.8. The van der Waals surface area contributed by atoms with Crippen LogP contribution in [0.3, 0.4) is 0 Å². The number of pyridine rings is 1. The Morgan fingerprint density at radius 2 is 2.09 bits per heavy atom. The number of nitrogens with zero attached hydrogens (tertiary/aromatic N) is 4. The lowest BCUT2D eigenvalue weighted by Crippen LogP contribution is -2.62. The smallest absolute Gasteiger partial charge is 0.397 e. The number of carbonyl (C=O) groups is 1. The van der Waals surface area contributed by atoms with E-state index in [1.807, 2.05) is 5.01 Å². The number of alkyl halides is 3. The molecule has 0 bridgehead atoms. The van der Waals surface area contributed by atoms with Crippen LogP contribution in [0.5, 0.6) is 0 Å². The van der Waals surface area contributed by atoms with Crippen LogP contribution in [-0.2, 0) is 10.9 Å². The predicted octanol–water partition coefficient (Wildman–Crippen LogP) is 3.12. The standard InChI is InChI=1S/C19H15F3N6O3S2/c20-19(21,22)10-8-11(12-2-1-7-32-12)24-18-14(10)15(23)16(33-18)17(29)25-13-9-28(26-31-13)27-3-5-30-6-4-27/h1-2,7-9H,3-6H2,(H2-,23,25,26,29)/p+1. The molecule has 1 aliphatic rings. The Balaban J connectivity index is 1.49. The van der Waals surface area contributed by atoms with E-state index in [0.29, 0.717) is 31.2 Å². The first kappa shape index (κ1) is 21.6. The van der Waals surface area contributed by atoms with E-state index in [9.17, 15) is 18.0 Å². The number of anilines is 2. The number of nitrogens with two attached hydrogens (primary N) is 1. The topological polar surface area (TPSA) is 110 Å².